The summed E-state index contributed by atoms with van der Waals surface area (Å²) in [6.07, 6.45) is 50.4. The fraction of sp³-hybridized carbons (Fsp3) is 0.760. The normalized spacial score (nSPS) is 11.7. The van der Waals surface area contributed by atoms with Crippen molar-refractivity contribution in [1.29, 1.82) is 0 Å². The second kappa shape index (κ2) is 42.5. The maximum absolute atomic E-state index is 13.0. The first kappa shape index (κ1) is 58.2. The van der Waals surface area contributed by atoms with E-state index in [9.17, 15) is 22.6 Å². The first-order valence-electron chi connectivity index (χ1n) is 24.1. The third-order valence-electron chi connectivity index (χ3n) is 11.0. The Morgan fingerprint density at radius 2 is 0.780 bits per heavy atom. The van der Waals surface area contributed by atoms with Crippen LogP contribution in [0.2, 0.25) is 0 Å². The molecular weight excluding hydrogens is 784 g/mol. The minimum atomic E-state index is -5.02. The zero-order valence-electron chi connectivity index (χ0n) is 38.3. The summed E-state index contributed by atoms with van der Waals surface area (Å²) in [5, 5.41) is 0. The molecule has 0 amide bonds. The van der Waals surface area contributed by atoms with Crippen LogP contribution in [0.1, 0.15) is 253 Å². The van der Waals surface area contributed by atoms with E-state index in [1.54, 1.807) is 0 Å². The van der Waals surface area contributed by atoms with Crippen molar-refractivity contribution in [3.05, 3.63) is 53.6 Å². The van der Waals surface area contributed by atoms with Crippen LogP contribution in [-0.4, -0.2) is 38.1 Å². The van der Waals surface area contributed by atoms with E-state index >= 15 is 0 Å². The zero-order chi connectivity index (χ0) is 42.2. The van der Waals surface area contributed by atoms with E-state index in [1.807, 2.05) is 0 Å². The van der Waals surface area contributed by atoms with Crippen LogP contribution < -0.4 is 51.4 Å². The summed E-state index contributed by atoms with van der Waals surface area (Å²) in [6, 6.07) is 3.63. The Balaban J connectivity index is 0.0000336. The van der Waals surface area contributed by atoms with Gasteiger partial charge in [-0.2, -0.15) is 0 Å². The molecule has 0 aromatic heterocycles. The van der Waals surface area contributed by atoms with Crippen LogP contribution in [0.3, 0.4) is 0 Å². The average molecular weight is 869 g/mol. The van der Waals surface area contributed by atoms with Gasteiger partial charge < -0.3 is 14.0 Å². The van der Waals surface area contributed by atoms with Gasteiger partial charge in [-0.05, 0) is 76.3 Å². The van der Waals surface area contributed by atoms with E-state index in [4.69, 9.17) is 9.47 Å². The number of hydrogen-bond donors (Lipinski definition) is 0. The van der Waals surface area contributed by atoms with Crippen molar-refractivity contribution in [2.75, 3.05) is 13.2 Å². The summed E-state index contributed by atoms with van der Waals surface area (Å²) >= 11 is 0. The first-order chi connectivity index (χ1) is 28.3. The third kappa shape index (κ3) is 34.4. The summed E-state index contributed by atoms with van der Waals surface area (Å²) in [7, 11) is -5.02. The molecule has 0 radical (unpaired) electrons. The van der Waals surface area contributed by atoms with Gasteiger partial charge in [-0.25, -0.2) is 18.0 Å². The first-order valence-corrected chi connectivity index (χ1v) is 25.5. The molecule has 0 atom stereocenters. The summed E-state index contributed by atoms with van der Waals surface area (Å²) in [5.74, 6) is -1.82. The second-order valence-electron chi connectivity index (χ2n) is 16.4. The number of carbonyl (C=O) groups is 2. The third-order valence-corrected chi connectivity index (χ3v) is 11.9. The Morgan fingerprint density at radius 3 is 1.12 bits per heavy atom. The molecule has 0 aliphatic heterocycles. The average Bonchev–Trinajstić information content (AvgIpc) is 3.21. The van der Waals surface area contributed by atoms with Crippen LogP contribution in [-0.2, 0) is 19.6 Å². The van der Waals surface area contributed by atoms with Crippen molar-refractivity contribution in [3.63, 3.8) is 0 Å². The van der Waals surface area contributed by atoms with Crippen LogP contribution in [0, 0.1) is 0 Å². The van der Waals surface area contributed by atoms with Gasteiger partial charge in [0.1, 0.15) is 10.1 Å². The van der Waals surface area contributed by atoms with Crippen molar-refractivity contribution in [3.8, 4) is 0 Å². The standard InChI is InChI=1S/C50H86O7S.K/c1-3-5-7-9-11-13-15-17-19-21-23-25-27-29-31-33-35-37-39-44-56-49(51)46-42-41-43-47(58(53,54)55)48(46)50(52)57-45-40-38-36-34-32-30-28-26-24-22-20-18-16-14-12-10-8-6-4-2;/h21-24,41-43H,3-20,25-40,44-45H2,1-2H3,(H,53,54,55);/q;+1/p-1/b23-21+,24-22+;. The number of carbonyl (C=O) groups excluding carboxylic acids is 2. The Bertz CT molecular complexity index is 1310. The van der Waals surface area contributed by atoms with Gasteiger partial charge in [0.25, 0.3) is 0 Å². The minimum Gasteiger partial charge on any atom is -0.744 e. The molecule has 7 nitrogen and oxygen atoms in total. The van der Waals surface area contributed by atoms with Crippen molar-refractivity contribution < 1.29 is 83.4 Å². The van der Waals surface area contributed by atoms with Gasteiger partial charge in [-0.15, -0.1) is 0 Å². The number of benzene rings is 1. The summed E-state index contributed by atoms with van der Waals surface area (Å²) in [4.78, 5) is 25.3. The van der Waals surface area contributed by atoms with Gasteiger partial charge in [-0.1, -0.05) is 198 Å². The molecule has 1 rings (SSSR count). The molecular formula is C50H85KO7S. The van der Waals surface area contributed by atoms with Crippen LogP contribution in [0.15, 0.2) is 47.4 Å². The Kier molecular flexibility index (Phi) is 41.9. The maximum atomic E-state index is 13.0. The number of allylic oxidation sites excluding steroid dienone is 4. The van der Waals surface area contributed by atoms with Crippen molar-refractivity contribution in [2.45, 2.75) is 237 Å². The van der Waals surface area contributed by atoms with Gasteiger partial charge in [0, 0.05) is 0 Å². The predicted octanol–water partition coefficient (Wildman–Crippen LogP) is 12.3. The quantitative estimate of drug-likeness (QED) is 0.0212. The molecule has 0 saturated heterocycles. The van der Waals surface area contributed by atoms with E-state index in [-0.39, 0.29) is 70.2 Å². The topological polar surface area (TPSA) is 110 Å². The van der Waals surface area contributed by atoms with E-state index in [0.717, 1.165) is 57.4 Å². The Hall–Kier alpha value is -0.814. The number of ether oxygens (including phenoxy) is 2. The smallest absolute Gasteiger partial charge is 0.744 e. The molecule has 1 aromatic rings. The monoisotopic (exact) mass is 869 g/mol. The fourth-order valence-corrected chi connectivity index (χ4v) is 8.05. The van der Waals surface area contributed by atoms with Gasteiger partial charge in [0.05, 0.1) is 29.2 Å². The molecule has 0 N–H and O–H groups in total. The van der Waals surface area contributed by atoms with Crippen LogP contribution in [0.25, 0.3) is 0 Å². The molecule has 1 aromatic carbocycles. The molecule has 0 unspecified atom stereocenters. The van der Waals surface area contributed by atoms with Crippen LogP contribution in [0.5, 0.6) is 0 Å². The Labute approximate surface area is 405 Å². The number of hydrogen-bond acceptors (Lipinski definition) is 7. The summed E-state index contributed by atoms with van der Waals surface area (Å²) < 4.78 is 46.8. The number of esters is 2. The van der Waals surface area contributed by atoms with Crippen LogP contribution in [0.4, 0.5) is 0 Å². The largest absolute Gasteiger partial charge is 1.00 e. The molecule has 0 fully saturated rings. The number of unbranched alkanes of at least 4 members (excludes halogenated alkanes) is 30. The fourth-order valence-electron chi connectivity index (χ4n) is 7.36. The van der Waals surface area contributed by atoms with E-state index in [1.165, 1.54) is 166 Å². The van der Waals surface area contributed by atoms with E-state index < -0.39 is 32.5 Å². The molecule has 0 spiro atoms. The molecule has 334 valence electrons. The SMILES string of the molecule is CCCCCCCCCC/C=C/CCCCCCCCCOC(=O)c1cccc(S(=O)(=O)[O-])c1C(=O)OCCCCCCCCC/C=C/CCCCCCCCCC.[K+]. The summed E-state index contributed by atoms with van der Waals surface area (Å²) in [5.41, 5.74) is -0.783. The molecule has 59 heavy (non-hydrogen) atoms. The van der Waals surface area contributed by atoms with Crippen molar-refractivity contribution in [1.82, 2.24) is 0 Å². The van der Waals surface area contributed by atoms with Gasteiger partial charge >= 0.3 is 63.3 Å². The van der Waals surface area contributed by atoms with E-state index in [2.05, 4.69) is 38.2 Å². The Morgan fingerprint density at radius 1 is 0.475 bits per heavy atom. The molecule has 0 aliphatic carbocycles. The minimum absolute atomic E-state index is 0. The van der Waals surface area contributed by atoms with Gasteiger partial charge in [0.2, 0.25) is 0 Å². The van der Waals surface area contributed by atoms with Crippen molar-refractivity contribution >= 4 is 22.1 Å². The zero-order valence-corrected chi connectivity index (χ0v) is 42.2. The number of rotatable bonds is 41. The van der Waals surface area contributed by atoms with Crippen molar-refractivity contribution in [2.24, 2.45) is 0 Å². The van der Waals surface area contributed by atoms with Crippen LogP contribution >= 0.6 is 0 Å². The van der Waals surface area contributed by atoms with E-state index in [0.29, 0.717) is 12.8 Å². The molecule has 0 saturated carbocycles. The second-order valence-corrected chi connectivity index (χ2v) is 17.7. The molecule has 9 heteroatoms. The summed E-state index contributed by atoms with van der Waals surface area (Å²) in [6.45, 7) is 4.76. The molecule has 0 bridgehead atoms. The molecule has 0 aliphatic rings. The maximum Gasteiger partial charge on any atom is 1.00 e. The molecule has 0 heterocycles. The van der Waals surface area contributed by atoms with Gasteiger partial charge in [0.15, 0.2) is 0 Å². The van der Waals surface area contributed by atoms with Gasteiger partial charge in [-0.3, -0.25) is 0 Å². The predicted molar refractivity (Wildman–Crippen MR) is 242 cm³/mol.